The van der Waals surface area contributed by atoms with E-state index in [1.807, 2.05) is 0 Å². The zero-order valence-electron chi connectivity index (χ0n) is 10.5. The number of nitrogens with one attached hydrogen (secondary N) is 1. The van der Waals surface area contributed by atoms with E-state index in [0.717, 1.165) is 18.9 Å². The van der Waals surface area contributed by atoms with Crippen molar-refractivity contribution in [3.63, 3.8) is 0 Å². The summed E-state index contributed by atoms with van der Waals surface area (Å²) in [6.45, 7) is 12.9. The molecule has 0 atom stereocenters. The van der Waals surface area contributed by atoms with Gasteiger partial charge in [-0.2, -0.15) is 5.10 Å². The quantitative estimate of drug-likeness (QED) is 0.808. The molecule has 15 heavy (non-hydrogen) atoms. The summed E-state index contributed by atoms with van der Waals surface area (Å²) in [5, 5.41) is 7.87. The van der Waals surface area contributed by atoms with Gasteiger partial charge in [0.2, 0.25) is 0 Å². The summed E-state index contributed by atoms with van der Waals surface area (Å²) >= 11 is 0. The second kappa shape index (κ2) is 5.19. The number of anilines is 1. The van der Waals surface area contributed by atoms with Gasteiger partial charge in [0.25, 0.3) is 0 Å². The highest BCUT2D eigenvalue weighted by Gasteiger charge is 2.05. The van der Waals surface area contributed by atoms with Gasteiger partial charge in [-0.3, -0.25) is 4.68 Å². The lowest BCUT2D eigenvalue weighted by Crippen LogP contribution is -2.10. The molecule has 0 aliphatic heterocycles. The zero-order chi connectivity index (χ0) is 11.4. The Morgan fingerprint density at radius 3 is 2.47 bits per heavy atom. The van der Waals surface area contributed by atoms with Gasteiger partial charge < -0.3 is 5.32 Å². The second-order valence-corrected chi connectivity index (χ2v) is 5.02. The van der Waals surface area contributed by atoms with E-state index in [1.54, 1.807) is 0 Å². The van der Waals surface area contributed by atoms with Crippen LogP contribution in [0, 0.1) is 18.8 Å². The lowest BCUT2D eigenvalue weighted by molar-refractivity contribution is 0.475. The van der Waals surface area contributed by atoms with E-state index in [0.29, 0.717) is 11.8 Å². The number of aryl methyl sites for hydroxylation is 1. The van der Waals surface area contributed by atoms with Gasteiger partial charge in [0, 0.05) is 24.8 Å². The molecule has 1 aromatic rings. The van der Waals surface area contributed by atoms with Crippen molar-refractivity contribution in [2.45, 2.75) is 41.2 Å². The van der Waals surface area contributed by atoms with Gasteiger partial charge in [0.1, 0.15) is 5.82 Å². The highest BCUT2D eigenvalue weighted by Crippen LogP contribution is 2.11. The summed E-state index contributed by atoms with van der Waals surface area (Å²) in [5.74, 6) is 2.30. The summed E-state index contributed by atoms with van der Waals surface area (Å²) in [6.07, 6.45) is 0. The van der Waals surface area contributed by atoms with Gasteiger partial charge in [0.15, 0.2) is 0 Å². The third-order valence-electron chi connectivity index (χ3n) is 2.21. The molecule has 86 valence electrons. The van der Waals surface area contributed by atoms with Gasteiger partial charge in [-0.1, -0.05) is 27.7 Å². The van der Waals surface area contributed by atoms with E-state index in [2.05, 4.69) is 55.8 Å². The molecule has 0 radical (unpaired) electrons. The number of aromatic nitrogens is 2. The Labute approximate surface area is 92.9 Å². The minimum absolute atomic E-state index is 0.640. The molecule has 0 spiro atoms. The van der Waals surface area contributed by atoms with Crippen molar-refractivity contribution < 1.29 is 0 Å². The largest absolute Gasteiger partial charge is 0.368 e. The Kier molecular flexibility index (Phi) is 4.18. The topological polar surface area (TPSA) is 29.9 Å². The van der Waals surface area contributed by atoms with Gasteiger partial charge in [0.05, 0.1) is 0 Å². The van der Waals surface area contributed by atoms with E-state index in [4.69, 9.17) is 0 Å². The molecule has 0 aliphatic rings. The molecular formula is C12H23N3. The van der Waals surface area contributed by atoms with Crippen LogP contribution in [0.3, 0.4) is 0 Å². The maximum Gasteiger partial charge on any atom is 0.148 e. The predicted molar refractivity (Wildman–Crippen MR) is 65.1 cm³/mol. The van der Waals surface area contributed by atoms with Gasteiger partial charge in [-0.15, -0.1) is 0 Å². The second-order valence-electron chi connectivity index (χ2n) is 5.02. The molecule has 0 saturated heterocycles. The molecule has 0 aromatic carbocycles. The van der Waals surface area contributed by atoms with Crippen LogP contribution in [0.25, 0.3) is 0 Å². The van der Waals surface area contributed by atoms with Crippen LogP contribution in [-0.2, 0) is 6.54 Å². The third-order valence-corrected chi connectivity index (χ3v) is 2.21. The van der Waals surface area contributed by atoms with Crippen LogP contribution in [0.4, 0.5) is 5.82 Å². The number of hydrogen-bond donors (Lipinski definition) is 1. The number of nitrogens with zero attached hydrogens (tertiary/aromatic N) is 2. The van der Waals surface area contributed by atoms with E-state index in [1.165, 1.54) is 5.69 Å². The van der Waals surface area contributed by atoms with Gasteiger partial charge in [-0.05, 0) is 18.8 Å². The fraction of sp³-hybridized carbons (Fsp3) is 0.750. The van der Waals surface area contributed by atoms with Crippen molar-refractivity contribution in [1.82, 2.24) is 9.78 Å². The van der Waals surface area contributed by atoms with Crippen molar-refractivity contribution in [2.75, 3.05) is 11.9 Å². The molecule has 0 amide bonds. The minimum atomic E-state index is 0.640. The Balaban J connectivity index is 2.60. The molecule has 1 heterocycles. The fourth-order valence-electron chi connectivity index (χ4n) is 1.44. The summed E-state index contributed by atoms with van der Waals surface area (Å²) in [6, 6.07) is 2.12. The summed E-state index contributed by atoms with van der Waals surface area (Å²) < 4.78 is 2.08. The van der Waals surface area contributed by atoms with Crippen molar-refractivity contribution in [3.8, 4) is 0 Å². The fourth-order valence-corrected chi connectivity index (χ4v) is 1.44. The Bertz CT molecular complexity index is 300. The highest BCUT2D eigenvalue weighted by molar-refractivity contribution is 5.35. The van der Waals surface area contributed by atoms with Crippen molar-refractivity contribution in [2.24, 2.45) is 11.8 Å². The Morgan fingerprint density at radius 2 is 1.93 bits per heavy atom. The Hall–Kier alpha value is -0.990. The smallest absolute Gasteiger partial charge is 0.148 e. The molecule has 0 bridgehead atoms. The van der Waals surface area contributed by atoms with Crippen molar-refractivity contribution >= 4 is 5.82 Å². The lowest BCUT2D eigenvalue weighted by atomic mass is 10.2. The van der Waals surface area contributed by atoms with Gasteiger partial charge >= 0.3 is 0 Å². The average Bonchev–Trinajstić information content (AvgIpc) is 2.43. The highest BCUT2D eigenvalue weighted by atomic mass is 15.3. The Morgan fingerprint density at radius 1 is 1.27 bits per heavy atom. The first-order valence-corrected chi connectivity index (χ1v) is 5.77. The van der Waals surface area contributed by atoms with Crippen LogP contribution in [0.2, 0.25) is 0 Å². The molecule has 1 N–H and O–H groups in total. The van der Waals surface area contributed by atoms with Crippen LogP contribution in [-0.4, -0.2) is 16.3 Å². The van der Waals surface area contributed by atoms with Crippen LogP contribution >= 0.6 is 0 Å². The zero-order valence-corrected chi connectivity index (χ0v) is 10.5. The molecule has 0 aliphatic carbocycles. The average molecular weight is 209 g/mol. The maximum atomic E-state index is 4.53. The van der Waals surface area contributed by atoms with E-state index < -0.39 is 0 Å². The van der Waals surface area contributed by atoms with E-state index in [-0.39, 0.29) is 0 Å². The van der Waals surface area contributed by atoms with Crippen LogP contribution < -0.4 is 5.32 Å². The van der Waals surface area contributed by atoms with Crippen LogP contribution in [0.1, 0.15) is 33.4 Å². The maximum absolute atomic E-state index is 4.53. The van der Waals surface area contributed by atoms with E-state index in [9.17, 15) is 0 Å². The molecule has 0 unspecified atom stereocenters. The molecule has 0 fully saturated rings. The predicted octanol–water partition coefficient (Wildman–Crippen LogP) is 2.92. The monoisotopic (exact) mass is 209 g/mol. The van der Waals surface area contributed by atoms with Gasteiger partial charge in [-0.25, -0.2) is 0 Å². The summed E-state index contributed by atoms with van der Waals surface area (Å²) in [5.41, 5.74) is 1.23. The number of rotatable bonds is 5. The SMILES string of the molecule is Cc1cc(NCC(C)C)nn1CC(C)C. The third kappa shape index (κ3) is 3.94. The molecule has 1 rings (SSSR count). The first-order chi connectivity index (χ1) is 6.99. The molecule has 0 saturated carbocycles. The van der Waals surface area contributed by atoms with Crippen molar-refractivity contribution in [3.05, 3.63) is 11.8 Å². The molecular weight excluding hydrogens is 186 g/mol. The first-order valence-electron chi connectivity index (χ1n) is 5.77. The van der Waals surface area contributed by atoms with Crippen molar-refractivity contribution in [1.29, 1.82) is 0 Å². The number of hydrogen-bond acceptors (Lipinski definition) is 2. The standard InChI is InChI=1S/C12H23N3/c1-9(2)7-13-12-6-11(5)15(14-12)8-10(3)4/h6,9-10H,7-8H2,1-5H3,(H,13,14). The molecule has 3 heteroatoms. The normalized spacial score (nSPS) is 11.4. The van der Waals surface area contributed by atoms with Crippen LogP contribution in [0.5, 0.6) is 0 Å². The first kappa shape index (κ1) is 12.1. The summed E-state index contributed by atoms with van der Waals surface area (Å²) in [4.78, 5) is 0. The molecule has 3 nitrogen and oxygen atoms in total. The minimum Gasteiger partial charge on any atom is -0.368 e. The summed E-state index contributed by atoms with van der Waals surface area (Å²) in [7, 11) is 0. The molecule has 1 aromatic heterocycles. The van der Waals surface area contributed by atoms with E-state index >= 15 is 0 Å². The van der Waals surface area contributed by atoms with Crippen LogP contribution in [0.15, 0.2) is 6.07 Å². The lowest BCUT2D eigenvalue weighted by Gasteiger charge is -2.07.